The van der Waals surface area contributed by atoms with Crippen molar-refractivity contribution in [3.05, 3.63) is 99.3 Å². The third-order valence-electron chi connectivity index (χ3n) is 8.43. The lowest BCUT2D eigenvalue weighted by molar-refractivity contribution is 0.247. The molecule has 3 aromatic carbocycles. The Kier molecular flexibility index (Phi) is 8.96. The quantitative estimate of drug-likeness (QED) is 0.192. The van der Waals surface area contributed by atoms with Crippen LogP contribution in [0.3, 0.4) is 0 Å². The van der Waals surface area contributed by atoms with Crippen molar-refractivity contribution in [3.63, 3.8) is 0 Å². The minimum atomic E-state index is -3.92. The summed E-state index contributed by atoms with van der Waals surface area (Å²) in [5.74, 6) is 0.278. The van der Waals surface area contributed by atoms with Crippen molar-refractivity contribution in [1.82, 2.24) is 9.88 Å². The number of sulfonamides is 1. The molecule has 5 nitrogen and oxygen atoms in total. The van der Waals surface area contributed by atoms with Gasteiger partial charge in [-0.1, -0.05) is 68.0 Å². The van der Waals surface area contributed by atoms with Crippen LogP contribution < -0.4 is 4.72 Å². The topological polar surface area (TPSA) is 62.3 Å². The van der Waals surface area contributed by atoms with E-state index in [0.29, 0.717) is 5.02 Å². The molecule has 1 aliphatic carbocycles. The van der Waals surface area contributed by atoms with Crippen molar-refractivity contribution in [1.29, 1.82) is 0 Å². The summed E-state index contributed by atoms with van der Waals surface area (Å²) in [5.41, 5.74) is 4.06. The summed E-state index contributed by atoms with van der Waals surface area (Å²) in [6.07, 6.45) is 11.0. The number of aromatic nitrogens is 1. The zero-order valence-corrected chi connectivity index (χ0v) is 25.9. The average Bonchev–Trinajstić information content (AvgIpc) is 3.67. The van der Waals surface area contributed by atoms with E-state index in [4.69, 9.17) is 11.6 Å². The van der Waals surface area contributed by atoms with E-state index in [2.05, 4.69) is 14.6 Å². The first-order chi connectivity index (χ1) is 20.3. The molecule has 220 valence electrons. The molecule has 0 amide bonds. The van der Waals surface area contributed by atoms with Gasteiger partial charge in [0.2, 0.25) is 0 Å². The molecule has 1 fully saturated rings. The van der Waals surface area contributed by atoms with Gasteiger partial charge in [0.15, 0.2) is 0 Å². The van der Waals surface area contributed by atoms with Crippen LogP contribution in [0.1, 0.15) is 60.1 Å². The van der Waals surface area contributed by atoms with Gasteiger partial charge < -0.3 is 0 Å². The van der Waals surface area contributed by atoms with Crippen LogP contribution in [0.5, 0.6) is 0 Å². The monoisotopic (exact) mass is 623 g/mol. The van der Waals surface area contributed by atoms with E-state index in [1.54, 1.807) is 29.5 Å². The van der Waals surface area contributed by atoms with Crippen LogP contribution >= 0.6 is 22.9 Å². The van der Waals surface area contributed by atoms with Crippen LogP contribution in [-0.2, 0) is 36.0 Å². The fourth-order valence-corrected chi connectivity index (χ4v) is 8.32. The second-order valence-corrected chi connectivity index (χ2v) is 14.7. The molecule has 4 aromatic rings. The average molecular weight is 624 g/mol. The lowest BCUT2D eigenvalue weighted by atomic mass is 9.98. The number of nitrogens with zero attached hydrogens (tertiary/aromatic N) is 2. The van der Waals surface area contributed by atoms with Crippen molar-refractivity contribution >= 4 is 38.6 Å². The summed E-state index contributed by atoms with van der Waals surface area (Å²) in [6.45, 7) is 2.32. The zero-order valence-electron chi connectivity index (χ0n) is 23.5. The summed E-state index contributed by atoms with van der Waals surface area (Å²) >= 11 is 7.68. The van der Waals surface area contributed by atoms with Gasteiger partial charge >= 0.3 is 0 Å². The fourth-order valence-electron chi connectivity index (χ4n) is 6.11. The highest BCUT2D eigenvalue weighted by molar-refractivity contribution is 7.92. The SMILES string of the molecule is O=S(=O)(Nc1ccc(CCCC2CCCC2)cc1F)c1ccc2c(c1)CCN(Cc1cnc(-c3ccc(Cl)cc3)s1)C2. The van der Waals surface area contributed by atoms with Crippen LogP contribution in [0.15, 0.2) is 71.8 Å². The van der Waals surface area contributed by atoms with E-state index in [1.165, 1.54) is 43.0 Å². The number of hydrogen-bond donors (Lipinski definition) is 1. The third-order valence-corrected chi connectivity index (χ3v) is 11.1. The van der Waals surface area contributed by atoms with Gasteiger partial charge in [-0.15, -0.1) is 11.3 Å². The van der Waals surface area contributed by atoms with E-state index in [-0.39, 0.29) is 10.6 Å². The highest BCUT2D eigenvalue weighted by atomic mass is 35.5. The highest BCUT2D eigenvalue weighted by Gasteiger charge is 2.22. The number of benzene rings is 3. The van der Waals surface area contributed by atoms with E-state index in [0.717, 1.165) is 72.1 Å². The summed E-state index contributed by atoms with van der Waals surface area (Å²) in [5, 5.41) is 1.67. The normalized spacial score (nSPS) is 16.0. The summed E-state index contributed by atoms with van der Waals surface area (Å²) < 4.78 is 43.7. The standard InChI is InChI=1S/C33H35ClFN3O2S2/c34-28-12-9-25(10-13-28)33-36-20-29(41-33)22-38-17-16-26-19-30(14-11-27(26)21-38)42(39,40)37-32-15-8-24(18-31(32)35)7-3-6-23-4-1-2-5-23/h8-15,18-20,23,37H,1-7,16-17,21-22H2. The van der Waals surface area contributed by atoms with Crippen molar-refractivity contribution in [2.45, 2.75) is 69.4 Å². The third kappa shape index (κ3) is 7.05. The largest absolute Gasteiger partial charge is 0.294 e. The molecule has 9 heteroatoms. The maximum absolute atomic E-state index is 14.9. The van der Waals surface area contributed by atoms with Crippen molar-refractivity contribution in [2.24, 2.45) is 5.92 Å². The zero-order chi connectivity index (χ0) is 29.1. The number of aryl methyl sites for hydroxylation is 1. The molecule has 6 rings (SSSR count). The first-order valence-corrected chi connectivity index (χ1v) is 17.4. The molecule has 0 radical (unpaired) electrons. The Labute approximate surface area is 256 Å². The van der Waals surface area contributed by atoms with Crippen LogP contribution in [0.2, 0.25) is 5.02 Å². The van der Waals surface area contributed by atoms with Crippen molar-refractivity contribution < 1.29 is 12.8 Å². The molecule has 42 heavy (non-hydrogen) atoms. The molecule has 2 aliphatic rings. The number of thiazole rings is 1. The Morgan fingerprint density at radius 2 is 1.83 bits per heavy atom. The first kappa shape index (κ1) is 29.3. The van der Waals surface area contributed by atoms with Crippen LogP contribution in [0.25, 0.3) is 10.6 Å². The van der Waals surface area contributed by atoms with Gasteiger partial charge in [0.1, 0.15) is 10.8 Å². The molecule has 0 spiro atoms. The number of anilines is 1. The minimum Gasteiger partial charge on any atom is -0.294 e. The second kappa shape index (κ2) is 12.8. The molecule has 1 aliphatic heterocycles. The lowest BCUT2D eigenvalue weighted by Gasteiger charge is -2.28. The Morgan fingerprint density at radius 3 is 2.62 bits per heavy atom. The van der Waals surface area contributed by atoms with Gasteiger partial charge in [0.25, 0.3) is 10.0 Å². The maximum atomic E-state index is 14.9. The molecule has 0 bridgehead atoms. The summed E-state index contributed by atoms with van der Waals surface area (Å²) in [6, 6.07) is 17.8. The predicted molar refractivity (Wildman–Crippen MR) is 169 cm³/mol. The first-order valence-electron chi connectivity index (χ1n) is 14.7. The van der Waals surface area contributed by atoms with Gasteiger partial charge in [0.05, 0.1) is 10.6 Å². The predicted octanol–water partition coefficient (Wildman–Crippen LogP) is 8.47. The van der Waals surface area contributed by atoms with Crippen LogP contribution in [-0.4, -0.2) is 24.8 Å². The van der Waals surface area contributed by atoms with E-state index < -0.39 is 15.8 Å². The van der Waals surface area contributed by atoms with Crippen LogP contribution in [0.4, 0.5) is 10.1 Å². The van der Waals surface area contributed by atoms with Gasteiger partial charge in [-0.05, 0) is 78.3 Å². The summed E-state index contributed by atoms with van der Waals surface area (Å²) in [7, 11) is -3.92. The highest BCUT2D eigenvalue weighted by Crippen LogP contribution is 2.31. The molecule has 1 saturated carbocycles. The number of hydrogen-bond acceptors (Lipinski definition) is 5. The van der Waals surface area contributed by atoms with Crippen LogP contribution in [0, 0.1) is 11.7 Å². The van der Waals surface area contributed by atoms with E-state index in [1.807, 2.05) is 42.6 Å². The van der Waals surface area contributed by atoms with Crippen molar-refractivity contribution in [2.75, 3.05) is 11.3 Å². The minimum absolute atomic E-state index is 0.0130. The van der Waals surface area contributed by atoms with E-state index in [9.17, 15) is 12.8 Å². The Balaban J connectivity index is 1.06. The maximum Gasteiger partial charge on any atom is 0.261 e. The Bertz CT molecular complexity index is 1650. The molecular weight excluding hydrogens is 589 g/mol. The van der Waals surface area contributed by atoms with Gasteiger partial charge in [-0.25, -0.2) is 17.8 Å². The number of rotatable bonds is 10. The molecule has 1 aromatic heterocycles. The van der Waals surface area contributed by atoms with Gasteiger partial charge in [-0.3, -0.25) is 9.62 Å². The summed E-state index contributed by atoms with van der Waals surface area (Å²) in [4.78, 5) is 8.26. The Hall–Kier alpha value is -2.78. The van der Waals surface area contributed by atoms with E-state index >= 15 is 0 Å². The molecule has 2 heterocycles. The molecule has 0 atom stereocenters. The number of nitrogens with one attached hydrogen (secondary N) is 1. The molecule has 0 saturated heterocycles. The van der Waals surface area contributed by atoms with Gasteiger partial charge in [-0.2, -0.15) is 0 Å². The second-order valence-electron chi connectivity index (χ2n) is 11.5. The fraction of sp³-hybridized carbons (Fsp3) is 0.364. The number of halogens is 2. The molecular formula is C33H35ClFN3O2S2. The van der Waals surface area contributed by atoms with Crippen molar-refractivity contribution in [3.8, 4) is 10.6 Å². The molecule has 0 unspecified atom stereocenters. The number of fused-ring (bicyclic) bond motifs is 1. The van der Waals surface area contributed by atoms with Gasteiger partial charge in [0, 0.05) is 41.3 Å². The molecule has 1 N–H and O–H groups in total. The smallest absolute Gasteiger partial charge is 0.261 e. The lowest BCUT2D eigenvalue weighted by Crippen LogP contribution is -2.30. The Morgan fingerprint density at radius 1 is 1.02 bits per heavy atom.